The van der Waals surface area contributed by atoms with Crippen LogP contribution in [0.5, 0.6) is 0 Å². The summed E-state index contributed by atoms with van der Waals surface area (Å²) < 4.78 is 5.45. The Morgan fingerprint density at radius 1 is 1.25 bits per heavy atom. The molecule has 1 N–H and O–H groups in total. The third kappa shape index (κ3) is 2.76. The third-order valence-electron chi connectivity index (χ3n) is 3.64. The highest BCUT2D eigenvalue weighted by Gasteiger charge is 2.16. The van der Waals surface area contributed by atoms with Crippen molar-refractivity contribution in [2.75, 3.05) is 37.7 Å². The van der Waals surface area contributed by atoms with Crippen molar-refractivity contribution < 1.29 is 4.74 Å². The second-order valence-corrected chi connectivity index (χ2v) is 5.04. The standard InChI is InChI=1S/C16H21N3O/c1-2-17-12-14-11-13-5-3-4-6-15(13)16(18-14)19-7-9-20-10-8-19/h3-6,11,17H,2,7-10,12H2,1H3. The van der Waals surface area contributed by atoms with Crippen LogP contribution in [0.3, 0.4) is 0 Å². The van der Waals surface area contributed by atoms with Gasteiger partial charge in [-0.05, 0) is 18.0 Å². The molecule has 20 heavy (non-hydrogen) atoms. The smallest absolute Gasteiger partial charge is 0.136 e. The van der Waals surface area contributed by atoms with Crippen LogP contribution in [0.25, 0.3) is 10.8 Å². The van der Waals surface area contributed by atoms with E-state index < -0.39 is 0 Å². The molecule has 3 rings (SSSR count). The maximum atomic E-state index is 5.45. The Morgan fingerprint density at radius 3 is 2.85 bits per heavy atom. The van der Waals surface area contributed by atoms with E-state index in [1.54, 1.807) is 0 Å². The van der Waals surface area contributed by atoms with Gasteiger partial charge in [-0.2, -0.15) is 0 Å². The quantitative estimate of drug-likeness (QED) is 0.925. The third-order valence-corrected chi connectivity index (χ3v) is 3.64. The zero-order valence-corrected chi connectivity index (χ0v) is 11.9. The normalized spacial score (nSPS) is 15.8. The van der Waals surface area contributed by atoms with Crippen LogP contribution in [0.15, 0.2) is 30.3 Å². The average molecular weight is 271 g/mol. The Labute approximate surface area is 119 Å². The van der Waals surface area contributed by atoms with Gasteiger partial charge in [0, 0.05) is 25.0 Å². The Bertz CT molecular complexity index is 579. The molecule has 1 fully saturated rings. The summed E-state index contributed by atoms with van der Waals surface area (Å²) >= 11 is 0. The fraction of sp³-hybridized carbons (Fsp3) is 0.438. The lowest BCUT2D eigenvalue weighted by Gasteiger charge is -2.29. The number of fused-ring (bicyclic) bond motifs is 1. The number of anilines is 1. The molecule has 1 aromatic carbocycles. The predicted molar refractivity (Wildman–Crippen MR) is 82.2 cm³/mol. The maximum Gasteiger partial charge on any atom is 0.136 e. The van der Waals surface area contributed by atoms with Crippen molar-refractivity contribution in [3.8, 4) is 0 Å². The summed E-state index contributed by atoms with van der Waals surface area (Å²) in [6, 6.07) is 10.7. The van der Waals surface area contributed by atoms with Crippen molar-refractivity contribution in [1.82, 2.24) is 10.3 Å². The first-order chi connectivity index (χ1) is 9.88. The van der Waals surface area contributed by atoms with Crippen molar-refractivity contribution in [2.45, 2.75) is 13.5 Å². The van der Waals surface area contributed by atoms with E-state index in [1.807, 2.05) is 0 Å². The monoisotopic (exact) mass is 271 g/mol. The molecule has 1 saturated heterocycles. The number of ether oxygens (including phenoxy) is 1. The molecule has 1 aliphatic rings. The van der Waals surface area contributed by atoms with E-state index in [2.05, 4.69) is 47.5 Å². The van der Waals surface area contributed by atoms with E-state index in [-0.39, 0.29) is 0 Å². The molecule has 0 amide bonds. The Morgan fingerprint density at radius 2 is 2.05 bits per heavy atom. The Hall–Kier alpha value is -1.65. The molecule has 4 nitrogen and oxygen atoms in total. The van der Waals surface area contributed by atoms with E-state index in [9.17, 15) is 0 Å². The van der Waals surface area contributed by atoms with Crippen LogP contribution < -0.4 is 10.2 Å². The van der Waals surface area contributed by atoms with Gasteiger partial charge in [-0.1, -0.05) is 31.2 Å². The first-order valence-corrected chi connectivity index (χ1v) is 7.30. The summed E-state index contributed by atoms with van der Waals surface area (Å²) in [6.45, 7) is 7.30. The molecule has 106 valence electrons. The molecule has 1 aliphatic heterocycles. The van der Waals surface area contributed by atoms with E-state index in [0.29, 0.717) is 0 Å². The molecule has 0 radical (unpaired) electrons. The summed E-state index contributed by atoms with van der Waals surface area (Å²) in [5.41, 5.74) is 1.10. The highest BCUT2D eigenvalue weighted by atomic mass is 16.5. The van der Waals surface area contributed by atoms with Gasteiger partial charge in [0.1, 0.15) is 5.82 Å². The molecule has 0 aliphatic carbocycles. The molecule has 0 spiro atoms. The minimum absolute atomic E-state index is 0.785. The van der Waals surface area contributed by atoms with Crippen molar-refractivity contribution in [3.63, 3.8) is 0 Å². The van der Waals surface area contributed by atoms with Gasteiger partial charge < -0.3 is 15.0 Å². The van der Waals surface area contributed by atoms with Crippen LogP contribution in [0, 0.1) is 0 Å². The predicted octanol–water partition coefficient (Wildman–Crippen LogP) is 2.18. The molecule has 0 atom stereocenters. The zero-order valence-electron chi connectivity index (χ0n) is 11.9. The van der Waals surface area contributed by atoms with Crippen LogP contribution in [0.2, 0.25) is 0 Å². The summed E-state index contributed by atoms with van der Waals surface area (Å²) in [5, 5.41) is 5.85. The van der Waals surface area contributed by atoms with Crippen molar-refractivity contribution in [3.05, 3.63) is 36.0 Å². The molecule has 2 aromatic rings. The maximum absolute atomic E-state index is 5.45. The molecule has 0 unspecified atom stereocenters. The summed E-state index contributed by atoms with van der Waals surface area (Å²) in [5.74, 6) is 1.10. The van der Waals surface area contributed by atoms with Gasteiger partial charge in [0.05, 0.1) is 18.9 Å². The molecule has 0 saturated carbocycles. The molecule has 2 heterocycles. The van der Waals surface area contributed by atoms with Crippen LogP contribution in [0.4, 0.5) is 5.82 Å². The molecule has 1 aromatic heterocycles. The molecule has 0 bridgehead atoms. The van der Waals surface area contributed by atoms with E-state index in [1.165, 1.54) is 10.8 Å². The lowest BCUT2D eigenvalue weighted by Crippen LogP contribution is -2.37. The van der Waals surface area contributed by atoms with Gasteiger partial charge in [0.15, 0.2) is 0 Å². The minimum atomic E-state index is 0.785. The van der Waals surface area contributed by atoms with E-state index in [4.69, 9.17) is 9.72 Å². The Kier molecular flexibility index (Phi) is 4.14. The van der Waals surface area contributed by atoms with Gasteiger partial charge in [0.2, 0.25) is 0 Å². The number of nitrogens with zero attached hydrogens (tertiary/aromatic N) is 2. The second kappa shape index (κ2) is 6.20. The van der Waals surface area contributed by atoms with Gasteiger partial charge in [0.25, 0.3) is 0 Å². The summed E-state index contributed by atoms with van der Waals surface area (Å²) in [6.07, 6.45) is 0. The van der Waals surface area contributed by atoms with Crippen LogP contribution in [-0.2, 0) is 11.3 Å². The SMILES string of the molecule is CCNCc1cc2ccccc2c(N2CCOCC2)n1. The highest BCUT2D eigenvalue weighted by molar-refractivity contribution is 5.92. The minimum Gasteiger partial charge on any atom is -0.378 e. The van der Waals surface area contributed by atoms with Crippen molar-refractivity contribution >= 4 is 16.6 Å². The fourth-order valence-corrected chi connectivity index (χ4v) is 2.59. The van der Waals surface area contributed by atoms with E-state index in [0.717, 1.165) is 50.9 Å². The first-order valence-electron chi connectivity index (χ1n) is 7.30. The largest absolute Gasteiger partial charge is 0.378 e. The molecular weight excluding hydrogens is 250 g/mol. The zero-order chi connectivity index (χ0) is 13.8. The Balaban J connectivity index is 2.02. The van der Waals surface area contributed by atoms with Gasteiger partial charge in [-0.3, -0.25) is 0 Å². The van der Waals surface area contributed by atoms with Gasteiger partial charge >= 0.3 is 0 Å². The second-order valence-electron chi connectivity index (χ2n) is 5.04. The number of aromatic nitrogens is 1. The number of pyridine rings is 1. The van der Waals surface area contributed by atoms with Crippen LogP contribution in [0.1, 0.15) is 12.6 Å². The van der Waals surface area contributed by atoms with Crippen LogP contribution in [-0.4, -0.2) is 37.8 Å². The topological polar surface area (TPSA) is 37.4 Å². The average Bonchev–Trinajstić information content (AvgIpc) is 2.53. The number of rotatable bonds is 4. The number of morpholine rings is 1. The van der Waals surface area contributed by atoms with E-state index >= 15 is 0 Å². The molecule has 4 heteroatoms. The van der Waals surface area contributed by atoms with Gasteiger partial charge in [-0.25, -0.2) is 4.98 Å². The van der Waals surface area contributed by atoms with Crippen molar-refractivity contribution in [1.29, 1.82) is 0 Å². The lowest BCUT2D eigenvalue weighted by atomic mass is 10.1. The number of benzene rings is 1. The van der Waals surface area contributed by atoms with Gasteiger partial charge in [-0.15, -0.1) is 0 Å². The highest BCUT2D eigenvalue weighted by Crippen LogP contribution is 2.26. The van der Waals surface area contributed by atoms with Crippen LogP contribution >= 0.6 is 0 Å². The molecular formula is C16H21N3O. The first kappa shape index (κ1) is 13.3. The fourth-order valence-electron chi connectivity index (χ4n) is 2.59. The lowest BCUT2D eigenvalue weighted by molar-refractivity contribution is 0.122. The number of hydrogen-bond donors (Lipinski definition) is 1. The summed E-state index contributed by atoms with van der Waals surface area (Å²) in [7, 11) is 0. The number of hydrogen-bond acceptors (Lipinski definition) is 4. The number of nitrogens with one attached hydrogen (secondary N) is 1. The summed E-state index contributed by atoms with van der Waals surface area (Å²) in [4.78, 5) is 7.20. The van der Waals surface area contributed by atoms with Crippen molar-refractivity contribution in [2.24, 2.45) is 0 Å².